The van der Waals surface area contributed by atoms with Gasteiger partial charge in [-0.15, -0.1) is 0 Å². The van der Waals surface area contributed by atoms with Crippen molar-refractivity contribution < 1.29 is 4.79 Å². The van der Waals surface area contributed by atoms with Crippen LogP contribution in [0.15, 0.2) is 11.6 Å². The first-order valence-corrected chi connectivity index (χ1v) is 10.0. The lowest BCUT2D eigenvalue weighted by molar-refractivity contribution is -0.117. The molecule has 126 valence electrons. The summed E-state index contributed by atoms with van der Waals surface area (Å²) < 4.78 is 0. The van der Waals surface area contributed by atoms with E-state index in [1.807, 2.05) is 6.08 Å². The molecular weight excluding hydrogens is 300 g/mol. The average molecular weight is 331 g/mol. The molecule has 0 amide bonds. The molecule has 1 nitrogen and oxygen atoms in total. The van der Waals surface area contributed by atoms with Crippen LogP contribution in [-0.2, 0) is 4.79 Å². The molecule has 0 aliphatic heterocycles. The van der Waals surface area contributed by atoms with Crippen LogP contribution in [0.5, 0.6) is 0 Å². The molecular formula is C21H30OS. The Bertz CT molecular complexity index is 591. The van der Waals surface area contributed by atoms with E-state index in [2.05, 4.69) is 20.8 Å². The largest absolute Gasteiger partial charge is 0.295 e. The van der Waals surface area contributed by atoms with Crippen molar-refractivity contribution in [1.29, 1.82) is 0 Å². The summed E-state index contributed by atoms with van der Waals surface area (Å²) in [6.07, 6.45) is 11.9. The normalized spacial score (nSPS) is 49.0. The van der Waals surface area contributed by atoms with Crippen molar-refractivity contribution in [3.63, 3.8) is 0 Å². The number of allylic oxidation sites excluding steroid dienone is 1. The molecule has 0 radical (unpaired) electrons. The van der Waals surface area contributed by atoms with Crippen molar-refractivity contribution in [2.75, 3.05) is 0 Å². The van der Waals surface area contributed by atoms with E-state index in [-0.39, 0.29) is 5.41 Å². The van der Waals surface area contributed by atoms with E-state index in [9.17, 15) is 4.79 Å². The summed E-state index contributed by atoms with van der Waals surface area (Å²) in [5, 5.41) is 0. The van der Waals surface area contributed by atoms with Gasteiger partial charge >= 0.3 is 0 Å². The molecule has 3 saturated carbocycles. The van der Waals surface area contributed by atoms with Gasteiger partial charge in [0.05, 0.1) is 0 Å². The minimum Gasteiger partial charge on any atom is -0.295 e. The van der Waals surface area contributed by atoms with E-state index in [0.717, 1.165) is 37.0 Å². The molecule has 3 fully saturated rings. The van der Waals surface area contributed by atoms with Gasteiger partial charge in [-0.25, -0.2) is 0 Å². The van der Waals surface area contributed by atoms with Gasteiger partial charge in [0.1, 0.15) is 0 Å². The van der Waals surface area contributed by atoms with E-state index in [0.29, 0.717) is 17.1 Å². The van der Waals surface area contributed by atoms with E-state index < -0.39 is 0 Å². The van der Waals surface area contributed by atoms with Crippen LogP contribution < -0.4 is 0 Å². The van der Waals surface area contributed by atoms with E-state index in [1.165, 1.54) is 42.5 Å². The fourth-order valence-electron chi connectivity index (χ4n) is 6.97. The van der Waals surface area contributed by atoms with Crippen molar-refractivity contribution in [3.05, 3.63) is 11.6 Å². The number of thiocarbonyl (C=S) groups is 1. The summed E-state index contributed by atoms with van der Waals surface area (Å²) in [5.41, 5.74) is 2.27. The first-order chi connectivity index (χ1) is 10.8. The lowest BCUT2D eigenvalue weighted by atomic mass is 9.45. The van der Waals surface area contributed by atoms with Crippen LogP contribution in [0, 0.1) is 34.5 Å². The molecule has 0 aromatic rings. The third-order valence-electron chi connectivity index (χ3n) is 8.32. The fourth-order valence-corrected chi connectivity index (χ4v) is 7.21. The van der Waals surface area contributed by atoms with Crippen LogP contribution in [0.4, 0.5) is 0 Å². The van der Waals surface area contributed by atoms with Crippen LogP contribution >= 0.6 is 12.2 Å². The van der Waals surface area contributed by atoms with E-state index >= 15 is 0 Å². The Kier molecular flexibility index (Phi) is 3.65. The van der Waals surface area contributed by atoms with Crippen LogP contribution in [0.3, 0.4) is 0 Å². The molecule has 0 aromatic heterocycles. The molecule has 0 N–H and O–H groups in total. The Hall–Kier alpha value is -0.500. The van der Waals surface area contributed by atoms with Gasteiger partial charge in [-0.05, 0) is 90.9 Å². The minimum atomic E-state index is 0.268. The predicted molar refractivity (Wildman–Crippen MR) is 98.5 cm³/mol. The van der Waals surface area contributed by atoms with Gasteiger partial charge in [-0.3, -0.25) is 4.79 Å². The summed E-state index contributed by atoms with van der Waals surface area (Å²) in [7, 11) is 0. The summed E-state index contributed by atoms with van der Waals surface area (Å²) in [5.74, 6) is 3.25. The van der Waals surface area contributed by atoms with Crippen molar-refractivity contribution in [1.82, 2.24) is 0 Å². The molecule has 4 aliphatic rings. The molecule has 23 heavy (non-hydrogen) atoms. The first kappa shape index (κ1) is 16.0. The lowest BCUT2D eigenvalue weighted by Gasteiger charge is -2.60. The van der Waals surface area contributed by atoms with Gasteiger partial charge in [-0.1, -0.05) is 38.1 Å². The Morgan fingerprint density at radius 2 is 1.96 bits per heavy atom. The summed E-state index contributed by atoms with van der Waals surface area (Å²) in [6, 6.07) is 0. The maximum Gasteiger partial charge on any atom is 0.155 e. The molecule has 0 unspecified atom stereocenters. The summed E-state index contributed by atoms with van der Waals surface area (Å²) in [6.45, 7) is 7.18. The van der Waals surface area contributed by atoms with Crippen molar-refractivity contribution >= 4 is 22.9 Å². The molecule has 0 bridgehead atoms. The zero-order valence-corrected chi connectivity index (χ0v) is 15.7. The number of rotatable bonds is 1. The Balaban J connectivity index is 1.79. The molecule has 0 spiro atoms. The van der Waals surface area contributed by atoms with Crippen LogP contribution in [0.1, 0.15) is 72.1 Å². The fraction of sp³-hybridized carbons (Fsp3) is 0.810. The van der Waals surface area contributed by atoms with Gasteiger partial charge in [0.15, 0.2) is 5.78 Å². The van der Waals surface area contributed by atoms with Crippen LogP contribution in [0.2, 0.25) is 0 Å². The van der Waals surface area contributed by atoms with E-state index in [1.54, 1.807) is 0 Å². The first-order valence-electron chi connectivity index (χ1n) is 9.59. The minimum absolute atomic E-state index is 0.268. The van der Waals surface area contributed by atoms with Gasteiger partial charge < -0.3 is 0 Å². The zero-order chi connectivity index (χ0) is 16.4. The predicted octanol–water partition coefficient (Wildman–Crippen LogP) is 5.52. The highest BCUT2D eigenvalue weighted by Gasteiger charge is 2.59. The quantitative estimate of drug-likeness (QED) is 0.588. The molecule has 0 aromatic carbocycles. The number of hydrogen-bond donors (Lipinski definition) is 0. The van der Waals surface area contributed by atoms with Gasteiger partial charge in [0.25, 0.3) is 0 Å². The Morgan fingerprint density at radius 1 is 1.17 bits per heavy atom. The van der Waals surface area contributed by atoms with Gasteiger partial charge in [-0.2, -0.15) is 0 Å². The van der Waals surface area contributed by atoms with Crippen LogP contribution in [0.25, 0.3) is 0 Å². The second kappa shape index (κ2) is 5.25. The number of carbonyl (C=O) groups excluding carboxylic acids is 1. The maximum atomic E-state index is 12.0. The maximum absolute atomic E-state index is 12.0. The lowest BCUT2D eigenvalue weighted by Crippen LogP contribution is -2.53. The monoisotopic (exact) mass is 330 g/mol. The summed E-state index contributed by atoms with van der Waals surface area (Å²) >= 11 is 5.73. The third-order valence-corrected chi connectivity index (χ3v) is 8.62. The molecule has 0 heterocycles. The Labute approximate surface area is 146 Å². The molecule has 4 rings (SSSR count). The Morgan fingerprint density at radius 3 is 2.70 bits per heavy atom. The smallest absolute Gasteiger partial charge is 0.155 e. The highest BCUT2D eigenvalue weighted by Crippen LogP contribution is 2.66. The topological polar surface area (TPSA) is 17.1 Å². The second-order valence-corrected chi connectivity index (χ2v) is 9.99. The number of carbonyl (C=O) groups is 1. The average Bonchev–Trinajstić information content (AvgIpc) is 2.89. The SMILES string of the molecule is CC(=S)[C@@H]1CC2=CC(=O)CC[C@]2(C)[C@H]2CC[C@]3(C)CCC[C@H]3[C@H]12. The van der Waals surface area contributed by atoms with E-state index in [4.69, 9.17) is 12.2 Å². The second-order valence-electron chi connectivity index (χ2n) is 9.35. The van der Waals surface area contributed by atoms with Gasteiger partial charge in [0.2, 0.25) is 0 Å². The third kappa shape index (κ3) is 2.23. The molecule has 4 aliphatic carbocycles. The molecule has 6 atom stereocenters. The number of hydrogen-bond acceptors (Lipinski definition) is 2. The van der Waals surface area contributed by atoms with Crippen molar-refractivity contribution in [2.45, 2.75) is 72.1 Å². The standard InChI is InChI=1S/C21H30OS/c1-13(23)16-12-14-11-15(22)6-10-21(14,3)18-7-9-20(2)8-4-5-17(20)19(16)18/h11,16-19H,4-10,12H2,1-3H3/t16-,17-,18-,19-,20-,21-/m0/s1. The number of fused-ring (bicyclic) bond motifs is 5. The highest BCUT2D eigenvalue weighted by atomic mass is 32.1. The molecule has 2 heteroatoms. The zero-order valence-electron chi connectivity index (χ0n) is 14.9. The van der Waals surface area contributed by atoms with Crippen molar-refractivity contribution in [3.8, 4) is 0 Å². The number of ketones is 1. The molecule has 0 saturated heterocycles. The van der Waals surface area contributed by atoms with Crippen LogP contribution in [-0.4, -0.2) is 10.6 Å². The van der Waals surface area contributed by atoms with Crippen molar-refractivity contribution in [2.24, 2.45) is 34.5 Å². The highest BCUT2D eigenvalue weighted by molar-refractivity contribution is 7.80. The summed E-state index contributed by atoms with van der Waals surface area (Å²) in [4.78, 5) is 13.2. The van der Waals surface area contributed by atoms with Gasteiger partial charge in [0, 0.05) is 6.42 Å².